The second-order valence-electron chi connectivity index (χ2n) is 2.98. The summed E-state index contributed by atoms with van der Waals surface area (Å²) >= 11 is 0.951. The van der Waals surface area contributed by atoms with Gasteiger partial charge in [0, 0.05) is 5.38 Å². The van der Waals surface area contributed by atoms with Crippen LogP contribution in [0.3, 0.4) is 0 Å². The molecular weight excluding hydrogens is 217 g/mol. The molecular formula is C7H9F3N2OS. The number of rotatable bonds is 2. The van der Waals surface area contributed by atoms with E-state index in [9.17, 15) is 13.2 Å². The van der Waals surface area contributed by atoms with Crippen LogP contribution in [0.5, 0.6) is 0 Å². The molecule has 3 N–H and O–H groups in total. The van der Waals surface area contributed by atoms with E-state index in [0.29, 0.717) is 0 Å². The highest BCUT2D eigenvalue weighted by molar-refractivity contribution is 7.09. The lowest BCUT2D eigenvalue weighted by atomic mass is 10.00. The topological polar surface area (TPSA) is 59.1 Å². The first-order valence-electron chi connectivity index (χ1n) is 3.70. The summed E-state index contributed by atoms with van der Waals surface area (Å²) in [6, 6.07) is 0. The third-order valence-corrected chi connectivity index (χ3v) is 2.64. The quantitative estimate of drug-likeness (QED) is 0.800. The molecule has 1 aromatic rings. The number of aliphatic hydroxyl groups excluding tert-OH is 1. The maximum absolute atomic E-state index is 12.4. The third kappa shape index (κ3) is 1.89. The van der Waals surface area contributed by atoms with Crippen LogP contribution in [0.15, 0.2) is 5.38 Å². The van der Waals surface area contributed by atoms with Gasteiger partial charge in [-0.05, 0) is 6.92 Å². The fourth-order valence-corrected chi connectivity index (χ4v) is 1.54. The van der Waals surface area contributed by atoms with Crippen molar-refractivity contribution in [1.82, 2.24) is 4.98 Å². The summed E-state index contributed by atoms with van der Waals surface area (Å²) in [7, 11) is 0. The van der Waals surface area contributed by atoms with Crippen LogP contribution in [0.2, 0.25) is 0 Å². The summed E-state index contributed by atoms with van der Waals surface area (Å²) in [6.07, 6.45) is -4.55. The van der Waals surface area contributed by atoms with E-state index in [1.165, 1.54) is 5.38 Å². The molecule has 7 heteroatoms. The van der Waals surface area contributed by atoms with Crippen molar-refractivity contribution >= 4 is 11.3 Å². The molecule has 1 unspecified atom stereocenters. The number of alkyl halides is 3. The number of hydrogen-bond acceptors (Lipinski definition) is 4. The standard InChI is InChI=1S/C7H9F3N2OS/c1-6(11,7(8,9)10)4-3-14-5(2-13)12-4/h3,13H,2,11H2,1H3. The predicted molar refractivity (Wildman–Crippen MR) is 45.6 cm³/mol. The lowest BCUT2D eigenvalue weighted by Gasteiger charge is -2.25. The van der Waals surface area contributed by atoms with Crippen molar-refractivity contribution in [2.45, 2.75) is 25.2 Å². The summed E-state index contributed by atoms with van der Waals surface area (Å²) in [6.45, 7) is 0.474. The molecule has 0 aliphatic rings. The molecule has 0 aliphatic heterocycles. The maximum Gasteiger partial charge on any atom is 0.411 e. The first-order chi connectivity index (χ1) is 6.29. The van der Waals surface area contributed by atoms with Gasteiger partial charge < -0.3 is 10.8 Å². The van der Waals surface area contributed by atoms with Crippen molar-refractivity contribution in [1.29, 1.82) is 0 Å². The van der Waals surface area contributed by atoms with Gasteiger partial charge in [-0.15, -0.1) is 11.3 Å². The summed E-state index contributed by atoms with van der Waals surface area (Å²) in [5, 5.41) is 10.1. The smallest absolute Gasteiger partial charge is 0.389 e. The number of halogens is 3. The van der Waals surface area contributed by atoms with E-state index in [4.69, 9.17) is 10.8 Å². The minimum absolute atomic E-state index is 0.223. The number of thiazole rings is 1. The molecule has 0 radical (unpaired) electrons. The average molecular weight is 226 g/mol. The van der Waals surface area contributed by atoms with Crippen molar-refractivity contribution < 1.29 is 18.3 Å². The molecule has 3 nitrogen and oxygen atoms in total. The van der Waals surface area contributed by atoms with Crippen molar-refractivity contribution in [3.8, 4) is 0 Å². The van der Waals surface area contributed by atoms with Crippen LogP contribution >= 0.6 is 11.3 Å². The summed E-state index contributed by atoms with van der Waals surface area (Å²) in [5.74, 6) is 0. The number of hydrogen-bond donors (Lipinski definition) is 2. The van der Waals surface area contributed by atoms with Gasteiger partial charge >= 0.3 is 6.18 Å². The number of nitrogens with two attached hydrogens (primary N) is 1. The van der Waals surface area contributed by atoms with Crippen LogP contribution < -0.4 is 5.73 Å². The highest BCUT2D eigenvalue weighted by atomic mass is 32.1. The van der Waals surface area contributed by atoms with Crippen LogP contribution in [0.25, 0.3) is 0 Å². The Bertz CT molecular complexity index is 321. The molecule has 1 heterocycles. The minimum Gasteiger partial charge on any atom is -0.389 e. The SMILES string of the molecule is CC(N)(c1csc(CO)n1)C(F)(F)F. The van der Waals surface area contributed by atoms with Crippen molar-refractivity contribution in [2.24, 2.45) is 5.73 Å². The van der Waals surface area contributed by atoms with Crippen molar-refractivity contribution in [3.05, 3.63) is 16.1 Å². The van der Waals surface area contributed by atoms with Gasteiger partial charge in [0.1, 0.15) is 5.01 Å². The molecule has 14 heavy (non-hydrogen) atoms. The molecule has 0 aliphatic carbocycles. The fraction of sp³-hybridized carbons (Fsp3) is 0.571. The van der Waals surface area contributed by atoms with Crippen LogP contribution in [-0.4, -0.2) is 16.3 Å². The van der Waals surface area contributed by atoms with Crippen LogP contribution in [0, 0.1) is 0 Å². The molecule has 0 saturated heterocycles. The van der Waals surface area contributed by atoms with Gasteiger partial charge in [-0.25, -0.2) is 4.98 Å². The van der Waals surface area contributed by atoms with E-state index in [1.54, 1.807) is 0 Å². The number of aliphatic hydroxyl groups is 1. The van der Waals surface area contributed by atoms with Gasteiger partial charge in [-0.3, -0.25) is 0 Å². The molecule has 0 bridgehead atoms. The first-order valence-corrected chi connectivity index (χ1v) is 4.58. The van der Waals surface area contributed by atoms with Gasteiger partial charge in [0.15, 0.2) is 5.54 Å². The Labute approximate surface area is 82.4 Å². The van der Waals surface area contributed by atoms with Gasteiger partial charge in [-0.2, -0.15) is 13.2 Å². The fourth-order valence-electron chi connectivity index (χ4n) is 0.767. The maximum atomic E-state index is 12.4. The number of nitrogens with zero attached hydrogens (tertiary/aromatic N) is 1. The van der Waals surface area contributed by atoms with E-state index >= 15 is 0 Å². The molecule has 80 valence electrons. The molecule has 0 aromatic carbocycles. The zero-order valence-corrected chi connectivity index (χ0v) is 8.11. The zero-order chi connectivity index (χ0) is 11.0. The normalized spacial score (nSPS) is 16.7. The Morgan fingerprint density at radius 2 is 2.14 bits per heavy atom. The van der Waals surface area contributed by atoms with E-state index in [1.807, 2.05) is 0 Å². The van der Waals surface area contributed by atoms with E-state index in [0.717, 1.165) is 18.3 Å². The molecule has 1 rings (SSSR count). The monoisotopic (exact) mass is 226 g/mol. The molecule has 0 saturated carbocycles. The van der Waals surface area contributed by atoms with Gasteiger partial charge in [0.2, 0.25) is 0 Å². The zero-order valence-electron chi connectivity index (χ0n) is 7.30. The summed E-state index contributed by atoms with van der Waals surface area (Å²) in [5.41, 5.74) is 2.39. The highest BCUT2D eigenvalue weighted by Gasteiger charge is 2.50. The average Bonchev–Trinajstić information content (AvgIpc) is 2.49. The first kappa shape index (κ1) is 11.4. The van der Waals surface area contributed by atoms with Gasteiger partial charge in [0.05, 0.1) is 12.3 Å². The molecule has 0 spiro atoms. The Morgan fingerprint density at radius 1 is 1.57 bits per heavy atom. The molecule has 1 atom stereocenters. The van der Waals surface area contributed by atoms with Crippen LogP contribution in [0.1, 0.15) is 17.6 Å². The second kappa shape index (κ2) is 3.48. The van der Waals surface area contributed by atoms with Crippen molar-refractivity contribution in [3.63, 3.8) is 0 Å². The van der Waals surface area contributed by atoms with E-state index in [2.05, 4.69) is 4.98 Å². The molecule has 0 amide bonds. The summed E-state index contributed by atoms with van der Waals surface area (Å²) in [4.78, 5) is 3.59. The Hall–Kier alpha value is -0.660. The lowest BCUT2D eigenvalue weighted by Crippen LogP contribution is -2.47. The lowest BCUT2D eigenvalue weighted by molar-refractivity contribution is -0.185. The predicted octanol–water partition coefficient (Wildman–Crippen LogP) is 1.37. The second-order valence-corrected chi connectivity index (χ2v) is 3.93. The van der Waals surface area contributed by atoms with Gasteiger partial charge in [0.25, 0.3) is 0 Å². The Kier molecular flexibility index (Phi) is 2.84. The minimum atomic E-state index is -4.55. The van der Waals surface area contributed by atoms with Crippen LogP contribution in [-0.2, 0) is 12.1 Å². The molecule has 1 aromatic heterocycles. The molecule has 0 fully saturated rings. The summed E-state index contributed by atoms with van der Waals surface area (Å²) < 4.78 is 37.2. The highest BCUT2D eigenvalue weighted by Crippen LogP contribution is 2.36. The Balaban J connectivity index is 3.04. The largest absolute Gasteiger partial charge is 0.411 e. The van der Waals surface area contributed by atoms with Gasteiger partial charge in [-0.1, -0.05) is 0 Å². The van der Waals surface area contributed by atoms with E-state index in [-0.39, 0.29) is 17.3 Å². The number of aromatic nitrogens is 1. The van der Waals surface area contributed by atoms with Crippen LogP contribution in [0.4, 0.5) is 13.2 Å². The van der Waals surface area contributed by atoms with E-state index < -0.39 is 11.7 Å². The van der Waals surface area contributed by atoms with Crippen molar-refractivity contribution in [2.75, 3.05) is 0 Å². The Morgan fingerprint density at radius 3 is 2.50 bits per heavy atom. The third-order valence-electron chi connectivity index (χ3n) is 1.81.